The van der Waals surface area contributed by atoms with Gasteiger partial charge in [-0.05, 0) is 31.5 Å². The normalized spacial score (nSPS) is 12.6. The third-order valence-electron chi connectivity index (χ3n) is 3.32. The van der Waals surface area contributed by atoms with E-state index in [9.17, 15) is 13.2 Å². The van der Waals surface area contributed by atoms with Crippen molar-refractivity contribution < 1.29 is 17.9 Å². The average Bonchev–Trinajstić information content (AvgIpc) is 2.54. The molecule has 0 aliphatic heterocycles. The molecule has 0 aromatic heterocycles. The van der Waals surface area contributed by atoms with Crippen LogP contribution in [-0.4, -0.2) is 20.9 Å². The topological polar surface area (TPSA) is 72.5 Å². The maximum Gasteiger partial charge on any atom is 0.321 e. The molecule has 0 saturated heterocycles. The van der Waals surface area contributed by atoms with Crippen molar-refractivity contribution in [1.82, 2.24) is 4.72 Å². The number of ether oxygens (including phenoxy) is 1. The van der Waals surface area contributed by atoms with Gasteiger partial charge in [0.1, 0.15) is 12.6 Å². The Morgan fingerprint density at radius 1 is 1.09 bits per heavy atom. The lowest BCUT2D eigenvalue weighted by molar-refractivity contribution is -0.147. The van der Waals surface area contributed by atoms with Crippen LogP contribution in [0.2, 0.25) is 0 Å². The summed E-state index contributed by atoms with van der Waals surface area (Å²) in [6.07, 6.45) is -0.437. The summed E-state index contributed by atoms with van der Waals surface area (Å²) in [6.45, 7) is 3.20. The standard InChI is InChI=1S/C17H19NO4S/c1-13-8-10-16(11-9-13)23(20,21)18-12-17(19)22-14(2)15-6-4-3-5-7-15/h3-11,14,18H,12H2,1-2H3/t14-/m0/s1. The number of rotatable bonds is 6. The third-order valence-corrected chi connectivity index (χ3v) is 4.73. The fourth-order valence-electron chi connectivity index (χ4n) is 1.99. The highest BCUT2D eigenvalue weighted by atomic mass is 32.2. The highest BCUT2D eigenvalue weighted by Crippen LogP contribution is 2.16. The minimum Gasteiger partial charge on any atom is -0.457 e. The van der Waals surface area contributed by atoms with E-state index in [-0.39, 0.29) is 4.90 Å². The summed E-state index contributed by atoms with van der Waals surface area (Å²) >= 11 is 0. The van der Waals surface area contributed by atoms with Crippen molar-refractivity contribution in [2.24, 2.45) is 0 Å². The van der Waals surface area contributed by atoms with E-state index in [1.54, 1.807) is 19.1 Å². The van der Waals surface area contributed by atoms with Gasteiger partial charge in [-0.2, -0.15) is 4.72 Å². The van der Waals surface area contributed by atoms with Gasteiger partial charge in [0.2, 0.25) is 10.0 Å². The maximum atomic E-state index is 12.1. The Morgan fingerprint density at radius 3 is 2.30 bits per heavy atom. The molecule has 6 heteroatoms. The molecule has 0 unspecified atom stereocenters. The molecule has 0 saturated carbocycles. The quantitative estimate of drug-likeness (QED) is 0.825. The first-order valence-corrected chi connectivity index (χ1v) is 8.67. The van der Waals surface area contributed by atoms with E-state index in [1.807, 2.05) is 37.3 Å². The van der Waals surface area contributed by atoms with E-state index in [0.717, 1.165) is 11.1 Å². The van der Waals surface area contributed by atoms with Gasteiger partial charge in [-0.25, -0.2) is 8.42 Å². The third kappa shape index (κ3) is 4.91. The van der Waals surface area contributed by atoms with Crippen LogP contribution < -0.4 is 4.72 Å². The fourth-order valence-corrected chi connectivity index (χ4v) is 2.95. The van der Waals surface area contributed by atoms with Crippen LogP contribution in [0.5, 0.6) is 0 Å². The van der Waals surface area contributed by atoms with E-state index in [2.05, 4.69) is 4.72 Å². The van der Waals surface area contributed by atoms with Crippen LogP contribution in [0, 0.1) is 6.92 Å². The Balaban J connectivity index is 1.92. The summed E-state index contributed by atoms with van der Waals surface area (Å²) in [5.74, 6) is -0.628. The molecule has 5 nitrogen and oxygen atoms in total. The van der Waals surface area contributed by atoms with Gasteiger partial charge in [-0.3, -0.25) is 4.79 Å². The van der Waals surface area contributed by atoms with Gasteiger partial charge in [0, 0.05) is 0 Å². The predicted octanol–water partition coefficient (Wildman–Crippen LogP) is 2.58. The largest absolute Gasteiger partial charge is 0.457 e. The van der Waals surface area contributed by atoms with Crippen molar-refractivity contribution in [1.29, 1.82) is 0 Å². The molecule has 0 aliphatic rings. The van der Waals surface area contributed by atoms with Gasteiger partial charge < -0.3 is 4.74 Å². The number of nitrogens with one attached hydrogen (secondary N) is 1. The Hall–Kier alpha value is -2.18. The van der Waals surface area contributed by atoms with Crippen LogP contribution in [0.3, 0.4) is 0 Å². The minimum absolute atomic E-state index is 0.118. The molecular weight excluding hydrogens is 314 g/mol. The second-order valence-corrected chi connectivity index (χ2v) is 6.95. The zero-order chi connectivity index (χ0) is 16.9. The van der Waals surface area contributed by atoms with Gasteiger partial charge in [0.05, 0.1) is 4.90 Å². The minimum atomic E-state index is -3.72. The van der Waals surface area contributed by atoms with Crippen LogP contribution in [-0.2, 0) is 19.6 Å². The van der Waals surface area contributed by atoms with Crippen molar-refractivity contribution in [3.05, 3.63) is 65.7 Å². The number of carbonyl (C=O) groups excluding carboxylic acids is 1. The number of hydrogen-bond donors (Lipinski definition) is 1. The lowest BCUT2D eigenvalue weighted by Crippen LogP contribution is -2.31. The number of esters is 1. The Labute approximate surface area is 136 Å². The molecule has 1 N–H and O–H groups in total. The molecule has 23 heavy (non-hydrogen) atoms. The number of benzene rings is 2. The Kier molecular flexibility index (Phi) is 5.52. The van der Waals surface area contributed by atoms with E-state index in [1.165, 1.54) is 12.1 Å². The molecule has 0 radical (unpaired) electrons. The summed E-state index contributed by atoms with van der Waals surface area (Å²) in [5.41, 5.74) is 1.81. The highest BCUT2D eigenvalue weighted by molar-refractivity contribution is 7.89. The SMILES string of the molecule is Cc1ccc(S(=O)(=O)NCC(=O)O[C@@H](C)c2ccccc2)cc1. The van der Waals surface area contributed by atoms with Crippen LogP contribution in [0.15, 0.2) is 59.5 Å². The first kappa shape index (κ1) is 17.2. The maximum absolute atomic E-state index is 12.1. The first-order valence-electron chi connectivity index (χ1n) is 7.19. The molecule has 2 aromatic rings. The van der Waals surface area contributed by atoms with Crippen molar-refractivity contribution in [2.75, 3.05) is 6.54 Å². The Morgan fingerprint density at radius 2 is 1.70 bits per heavy atom. The predicted molar refractivity (Wildman–Crippen MR) is 87.3 cm³/mol. The van der Waals surface area contributed by atoms with Crippen molar-refractivity contribution in [3.63, 3.8) is 0 Å². The number of carbonyl (C=O) groups is 1. The van der Waals surface area contributed by atoms with Crippen molar-refractivity contribution >= 4 is 16.0 Å². The summed E-state index contributed by atoms with van der Waals surface area (Å²) in [4.78, 5) is 11.9. The first-order chi connectivity index (χ1) is 10.9. The van der Waals surface area contributed by atoms with Crippen LogP contribution in [0.4, 0.5) is 0 Å². The molecule has 0 fully saturated rings. The molecular formula is C17H19NO4S. The lowest BCUT2D eigenvalue weighted by Gasteiger charge is -2.14. The molecule has 2 rings (SSSR count). The van der Waals surface area contributed by atoms with E-state index in [0.29, 0.717) is 0 Å². The zero-order valence-corrected chi connectivity index (χ0v) is 13.8. The molecule has 122 valence electrons. The highest BCUT2D eigenvalue weighted by Gasteiger charge is 2.17. The monoisotopic (exact) mass is 333 g/mol. The summed E-state index contributed by atoms with van der Waals surface area (Å²) in [7, 11) is -3.72. The molecule has 0 aliphatic carbocycles. The van der Waals surface area contributed by atoms with Gasteiger partial charge in [0.25, 0.3) is 0 Å². The Bertz CT molecular complexity index is 755. The average molecular weight is 333 g/mol. The second-order valence-electron chi connectivity index (χ2n) is 5.18. The molecule has 0 bridgehead atoms. The zero-order valence-electron chi connectivity index (χ0n) is 13.0. The summed E-state index contributed by atoms with van der Waals surface area (Å²) in [5, 5.41) is 0. The van der Waals surface area contributed by atoms with Gasteiger partial charge in [-0.15, -0.1) is 0 Å². The van der Waals surface area contributed by atoms with E-state index in [4.69, 9.17) is 4.74 Å². The smallest absolute Gasteiger partial charge is 0.321 e. The number of hydrogen-bond acceptors (Lipinski definition) is 4. The van der Waals surface area contributed by atoms with Crippen LogP contribution in [0.1, 0.15) is 24.2 Å². The van der Waals surface area contributed by atoms with Gasteiger partial charge >= 0.3 is 5.97 Å². The van der Waals surface area contributed by atoms with Crippen molar-refractivity contribution in [2.45, 2.75) is 24.8 Å². The second kappa shape index (κ2) is 7.39. The summed E-state index contributed by atoms with van der Waals surface area (Å²) < 4.78 is 31.6. The van der Waals surface area contributed by atoms with Gasteiger partial charge in [0.15, 0.2) is 0 Å². The molecule has 0 spiro atoms. The lowest BCUT2D eigenvalue weighted by atomic mass is 10.1. The number of sulfonamides is 1. The fraction of sp³-hybridized carbons (Fsp3) is 0.235. The van der Waals surface area contributed by atoms with E-state index >= 15 is 0 Å². The summed E-state index contributed by atoms with van der Waals surface area (Å²) in [6, 6.07) is 15.6. The van der Waals surface area contributed by atoms with Crippen LogP contribution in [0.25, 0.3) is 0 Å². The van der Waals surface area contributed by atoms with Crippen LogP contribution >= 0.6 is 0 Å². The van der Waals surface area contributed by atoms with Crippen molar-refractivity contribution in [3.8, 4) is 0 Å². The number of aryl methyl sites for hydroxylation is 1. The van der Waals surface area contributed by atoms with Gasteiger partial charge in [-0.1, -0.05) is 48.0 Å². The molecule has 1 atom stereocenters. The molecule has 0 heterocycles. The van der Waals surface area contributed by atoms with E-state index < -0.39 is 28.6 Å². The molecule has 0 amide bonds. The molecule has 2 aromatic carbocycles.